The predicted molar refractivity (Wildman–Crippen MR) is 98.2 cm³/mol. The molecule has 0 radical (unpaired) electrons. The maximum Gasteiger partial charge on any atom is 0.302 e. The molecule has 4 aliphatic carbocycles. The van der Waals surface area contributed by atoms with Crippen molar-refractivity contribution in [2.24, 2.45) is 34.0 Å². The van der Waals surface area contributed by atoms with E-state index in [2.05, 4.69) is 27.4 Å². The first-order chi connectivity index (χ1) is 12.0. The van der Waals surface area contributed by atoms with E-state index in [1.54, 1.807) is 0 Å². The standard InChI is InChI=1S/C22H32O4/c1-12-14-9-16(26-13(2)23)18-21(5)8-6-7-20(3,4)17(21)15(24)11-22(18,10-14)19(12)25/h14-18,24H,1,6-11H2,2-5H3/t14-,15+,16+,17-,18+,21-,22+/m1/s1. The summed E-state index contributed by atoms with van der Waals surface area (Å²) in [4.78, 5) is 25.2. The Labute approximate surface area is 156 Å². The number of aliphatic hydroxyl groups excluding tert-OH is 1. The molecule has 4 saturated carbocycles. The van der Waals surface area contributed by atoms with Gasteiger partial charge in [0.1, 0.15) is 6.10 Å². The maximum absolute atomic E-state index is 13.3. The number of fused-ring (bicyclic) bond motifs is 3. The Balaban J connectivity index is 1.87. The highest BCUT2D eigenvalue weighted by Gasteiger charge is 2.71. The number of hydrogen-bond acceptors (Lipinski definition) is 4. The van der Waals surface area contributed by atoms with Gasteiger partial charge in [-0.25, -0.2) is 0 Å². The number of hydrogen-bond donors (Lipinski definition) is 1. The van der Waals surface area contributed by atoms with E-state index < -0.39 is 11.5 Å². The van der Waals surface area contributed by atoms with Crippen molar-refractivity contribution in [1.82, 2.24) is 0 Å². The van der Waals surface area contributed by atoms with E-state index in [9.17, 15) is 14.7 Å². The van der Waals surface area contributed by atoms with Gasteiger partial charge in [-0.2, -0.15) is 0 Å². The summed E-state index contributed by atoms with van der Waals surface area (Å²) in [6.45, 7) is 12.3. The normalized spacial score (nSPS) is 49.3. The Morgan fingerprint density at radius 3 is 2.54 bits per heavy atom. The van der Waals surface area contributed by atoms with Gasteiger partial charge in [0.15, 0.2) is 5.78 Å². The fourth-order valence-corrected chi connectivity index (χ4v) is 8.04. The summed E-state index contributed by atoms with van der Waals surface area (Å²) in [6.07, 6.45) is 4.39. The Kier molecular flexibility index (Phi) is 3.81. The zero-order chi connectivity index (χ0) is 19.1. The van der Waals surface area contributed by atoms with Crippen LogP contribution >= 0.6 is 0 Å². The highest BCUT2D eigenvalue weighted by molar-refractivity contribution is 6.03. The average Bonchev–Trinajstić information content (AvgIpc) is 2.66. The molecule has 0 aliphatic heterocycles. The summed E-state index contributed by atoms with van der Waals surface area (Å²) in [5.41, 5.74) is -0.0956. The second-order valence-electron chi connectivity index (χ2n) is 10.4. The number of carbonyl (C=O) groups excluding carboxylic acids is 2. The minimum Gasteiger partial charge on any atom is -0.462 e. The number of ether oxygens (including phenoxy) is 1. The van der Waals surface area contributed by atoms with Gasteiger partial charge in [0, 0.05) is 18.3 Å². The van der Waals surface area contributed by atoms with Crippen molar-refractivity contribution in [2.75, 3.05) is 0 Å². The molecular formula is C22H32O4. The number of allylic oxidation sites excluding steroid dienone is 1. The zero-order valence-corrected chi connectivity index (χ0v) is 16.5. The molecule has 4 aliphatic rings. The summed E-state index contributed by atoms with van der Waals surface area (Å²) >= 11 is 0. The van der Waals surface area contributed by atoms with E-state index in [-0.39, 0.29) is 46.4 Å². The van der Waals surface area contributed by atoms with Crippen LogP contribution < -0.4 is 0 Å². The van der Waals surface area contributed by atoms with Crippen molar-refractivity contribution in [1.29, 1.82) is 0 Å². The van der Waals surface area contributed by atoms with Gasteiger partial charge < -0.3 is 9.84 Å². The maximum atomic E-state index is 13.3. The molecule has 26 heavy (non-hydrogen) atoms. The molecule has 2 bridgehead atoms. The van der Waals surface area contributed by atoms with Crippen LogP contribution in [0.15, 0.2) is 12.2 Å². The van der Waals surface area contributed by atoms with Gasteiger partial charge in [0.25, 0.3) is 0 Å². The van der Waals surface area contributed by atoms with Crippen LogP contribution in [0.1, 0.15) is 66.2 Å². The number of ketones is 1. The van der Waals surface area contributed by atoms with E-state index in [4.69, 9.17) is 4.74 Å². The van der Waals surface area contributed by atoms with Crippen molar-refractivity contribution in [2.45, 2.75) is 78.4 Å². The van der Waals surface area contributed by atoms with Crippen molar-refractivity contribution in [3.63, 3.8) is 0 Å². The van der Waals surface area contributed by atoms with Gasteiger partial charge in [0.05, 0.1) is 6.10 Å². The van der Waals surface area contributed by atoms with E-state index in [1.807, 2.05) is 0 Å². The van der Waals surface area contributed by atoms with Gasteiger partial charge in [0.2, 0.25) is 0 Å². The minimum absolute atomic E-state index is 0.0182. The third-order valence-corrected chi connectivity index (χ3v) is 8.41. The second-order valence-corrected chi connectivity index (χ2v) is 10.4. The molecule has 1 N–H and O–H groups in total. The lowest BCUT2D eigenvalue weighted by atomic mass is 9.40. The third kappa shape index (κ3) is 2.17. The first kappa shape index (κ1) is 18.2. The lowest BCUT2D eigenvalue weighted by Crippen LogP contribution is -2.65. The molecule has 1 spiro atoms. The summed E-state index contributed by atoms with van der Waals surface area (Å²) in [5, 5.41) is 11.2. The fourth-order valence-electron chi connectivity index (χ4n) is 8.04. The van der Waals surface area contributed by atoms with Crippen LogP contribution in [-0.2, 0) is 14.3 Å². The molecular weight excluding hydrogens is 328 g/mol. The Hall–Kier alpha value is -1.16. The molecule has 4 fully saturated rings. The molecule has 0 heterocycles. The topological polar surface area (TPSA) is 63.6 Å². The number of esters is 1. The van der Waals surface area contributed by atoms with Crippen LogP contribution in [-0.4, -0.2) is 29.1 Å². The van der Waals surface area contributed by atoms with E-state index in [1.165, 1.54) is 6.92 Å². The smallest absolute Gasteiger partial charge is 0.302 e. The predicted octanol–water partition coefficient (Wildman–Crippen LogP) is 3.67. The average molecular weight is 360 g/mol. The van der Waals surface area contributed by atoms with Gasteiger partial charge >= 0.3 is 5.97 Å². The lowest BCUT2D eigenvalue weighted by molar-refractivity contribution is -0.227. The summed E-state index contributed by atoms with van der Waals surface area (Å²) in [7, 11) is 0. The van der Waals surface area contributed by atoms with Crippen molar-refractivity contribution >= 4 is 11.8 Å². The largest absolute Gasteiger partial charge is 0.462 e. The molecule has 0 saturated heterocycles. The number of Topliss-reactive ketones (excluding diaryl/α,β-unsaturated/α-hetero) is 1. The first-order valence-corrected chi connectivity index (χ1v) is 10.1. The zero-order valence-electron chi connectivity index (χ0n) is 16.5. The van der Waals surface area contributed by atoms with Crippen LogP contribution in [0.3, 0.4) is 0 Å². The van der Waals surface area contributed by atoms with E-state index >= 15 is 0 Å². The molecule has 0 aromatic rings. The van der Waals surface area contributed by atoms with Gasteiger partial charge in [-0.3, -0.25) is 9.59 Å². The van der Waals surface area contributed by atoms with Gasteiger partial charge in [-0.1, -0.05) is 33.8 Å². The molecule has 144 valence electrons. The van der Waals surface area contributed by atoms with Crippen LogP contribution in [0.2, 0.25) is 0 Å². The fraction of sp³-hybridized carbons (Fsp3) is 0.818. The molecule has 0 aromatic heterocycles. The number of aliphatic hydroxyl groups is 1. The third-order valence-electron chi connectivity index (χ3n) is 8.41. The van der Waals surface area contributed by atoms with E-state index in [0.717, 1.165) is 25.7 Å². The molecule has 0 amide bonds. The molecule has 0 unspecified atom stereocenters. The number of carbonyl (C=O) groups is 2. The monoisotopic (exact) mass is 360 g/mol. The van der Waals surface area contributed by atoms with Gasteiger partial charge in [-0.15, -0.1) is 0 Å². The summed E-state index contributed by atoms with van der Waals surface area (Å²) in [6, 6.07) is 0. The highest BCUT2D eigenvalue weighted by atomic mass is 16.5. The van der Waals surface area contributed by atoms with Crippen molar-refractivity contribution in [3.05, 3.63) is 12.2 Å². The van der Waals surface area contributed by atoms with Crippen LogP contribution in [0.4, 0.5) is 0 Å². The molecule has 4 rings (SSSR count). The molecule has 4 heteroatoms. The van der Waals surface area contributed by atoms with Gasteiger partial charge in [-0.05, 0) is 60.3 Å². The Morgan fingerprint density at radius 2 is 1.88 bits per heavy atom. The van der Waals surface area contributed by atoms with Crippen LogP contribution in [0.5, 0.6) is 0 Å². The summed E-state index contributed by atoms with van der Waals surface area (Å²) < 4.78 is 5.84. The Bertz CT molecular complexity index is 680. The SMILES string of the molecule is C=C1C(=O)[C@]23C[C@H]1C[C@H](OC(C)=O)[C@H]2[C@]1(C)CCCC(C)(C)[C@H]1[C@@H](O)C3. The first-order valence-electron chi connectivity index (χ1n) is 10.1. The quantitative estimate of drug-likeness (QED) is 0.572. The summed E-state index contributed by atoms with van der Waals surface area (Å²) in [5.74, 6) is 0.0488. The molecule has 0 aromatic carbocycles. The number of rotatable bonds is 1. The molecule has 4 nitrogen and oxygen atoms in total. The molecule has 7 atom stereocenters. The van der Waals surface area contributed by atoms with Crippen LogP contribution in [0, 0.1) is 34.0 Å². The second kappa shape index (κ2) is 5.43. The highest BCUT2D eigenvalue weighted by Crippen LogP contribution is 2.71. The Morgan fingerprint density at radius 1 is 1.19 bits per heavy atom. The van der Waals surface area contributed by atoms with Crippen molar-refractivity contribution < 1.29 is 19.4 Å². The van der Waals surface area contributed by atoms with Crippen LogP contribution in [0.25, 0.3) is 0 Å². The minimum atomic E-state index is -0.599. The van der Waals surface area contributed by atoms with Crippen molar-refractivity contribution in [3.8, 4) is 0 Å². The van der Waals surface area contributed by atoms with E-state index in [0.29, 0.717) is 18.4 Å². The lowest BCUT2D eigenvalue weighted by Gasteiger charge is -2.65.